The molecule has 5 atom stereocenters. The van der Waals surface area contributed by atoms with Crippen LogP contribution in [0.15, 0.2) is 30.5 Å². The smallest absolute Gasteiger partial charge is 0.326 e. The van der Waals surface area contributed by atoms with Gasteiger partial charge in [-0.15, -0.1) is 0 Å². The van der Waals surface area contributed by atoms with Gasteiger partial charge in [0.05, 0.1) is 6.04 Å². The Morgan fingerprint density at radius 1 is 0.760 bits per heavy atom. The number of carboxylic acids is 1. The molecule has 0 radical (unpaired) electrons. The zero-order chi connectivity index (χ0) is 37.5. The fourth-order valence-corrected chi connectivity index (χ4v) is 5.63. The van der Waals surface area contributed by atoms with E-state index in [0.717, 1.165) is 10.9 Å². The average Bonchev–Trinajstić information content (AvgIpc) is 3.42. The number of nitrogens with one attached hydrogen (secondary N) is 7. The first-order chi connectivity index (χ1) is 23.5. The number of amides is 4. The van der Waals surface area contributed by atoms with Crippen molar-refractivity contribution in [3.8, 4) is 0 Å². The van der Waals surface area contributed by atoms with E-state index in [4.69, 9.17) is 16.9 Å². The fraction of sp³-hybridized carbons (Fsp3) is 0.600. The van der Waals surface area contributed by atoms with Gasteiger partial charge in [-0.05, 0) is 61.5 Å². The molecule has 0 saturated heterocycles. The second kappa shape index (κ2) is 20.1. The number of aliphatic carboxylic acids is 1. The lowest BCUT2D eigenvalue weighted by molar-refractivity contribution is -0.142. The normalized spacial score (nSPS) is 14.4. The van der Waals surface area contributed by atoms with E-state index in [9.17, 15) is 29.1 Å². The predicted molar refractivity (Wildman–Crippen MR) is 193 cm³/mol. The van der Waals surface area contributed by atoms with E-state index >= 15 is 0 Å². The molecule has 0 spiro atoms. The van der Waals surface area contributed by atoms with Crippen molar-refractivity contribution in [1.29, 1.82) is 5.41 Å². The van der Waals surface area contributed by atoms with E-state index < -0.39 is 59.8 Å². The molecule has 0 aliphatic rings. The lowest BCUT2D eigenvalue weighted by atomic mass is 9.98. The number of hydrogen-bond donors (Lipinski definition) is 10. The monoisotopic (exact) mass is 699 g/mol. The number of nitrogens with two attached hydrogens (primary N) is 2. The Kier molecular flexibility index (Phi) is 16.7. The van der Waals surface area contributed by atoms with Gasteiger partial charge in [0.25, 0.3) is 0 Å². The van der Waals surface area contributed by atoms with Crippen LogP contribution in [0.5, 0.6) is 0 Å². The molecule has 0 saturated carbocycles. The second-order valence-electron chi connectivity index (χ2n) is 14.1. The van der Waals surface area contributed by atoms with Crippen LogP contribution in [0.2, 0.25) is 0 Å². The maximum absolute atomic E-state index is 13.8. The van der Waals surface area contributed by atoms with Crippen LogP contribution in [0.3, 0.4) is 0 Å². The van der Waals surface area contributed by atoms with Gasteiger partial charge < -0.3 is 48.1 Å². The lowest BCUT2D eigenvalue weighted by Crippen LogP contribution is -2.59. The van der Waals surface area contributed by atoms with Crippen LogP contribution in [-0.4, -0.2) is 82.4 Å². The maximum atomic E-state index is 13.8. The summed E-state index contributed by atoms with van der Waals surface area (Å²) in [6.45, 7) is 11.7. The van der Waals surface area contributed by atoms with Gasteiger partial charge >= 0.3 is 5.97 Å². The molecule has 0 aliphatic carbocycles. The van der Waals surface area contributed by atoms with Crippen molar-refractivity contribution in [1.82, 2.24) is 31.6 Å². The molecule has 0 fully saturated rings. The summed E-state index contributed by atoms with van der Waals surface area (Å²) in [6, 6.07) is 2.13. The van der Waals surface area contributed by atoms with Crippen LogP contribution in [0.1, 0.15) is 79.2 Å². The minimum absolute atomic E-state index is 0.00649. The zero-order valence-corrected chi connectivity index (χ0v) is 30.1. The van der Waals surface area contributed by atoms with Crippen molar-refractivity contribution in [3.05, 3.63) is 36.0 Å². The average molecular weight is 700 g/mol. The molecule has 12 N–H and O–H groups in total. The summed E-state index contributed by atoms with van der Waals surface area (Å²) in [5.74, 6) is -3.70. The summed E-state index contributed by atoms with van der Waals surface area (Å²) in [5, 5.41) is 31.7. The summed E-state index contributed by atoms with van der Waals surface area (Å²) >= 11 is 0. The summed E-state index contributed by atoms with van der Waals surface area (Å²) in [4.78, 5) is 69.3. The fourth-order valence-electron chi connectivity index (χ4n) is 5.63. The van der Waals surface area contributed by atoms with E-state index in [0.29, 0.717) is 24.8 Å². The maximum Gasteiger partial charge on any atom is 0.326 e. The van der Waals surface area contributed by atoms with Crippen LogP contribution in [0, 0.1) is 23.2 Å². The first kappa shape index (κ1) is 41.5. The second-order valence-corrected chi connectivity index (χ2v) is 14.1. The van der Waals surface area contributed by atoms with Crippen LogP contribution in [0.25, 0.3) is 10.9 Å². The molecule has 1 heterocycles. The largest absolute Gasteiger partial charge is 0.480 e. The summed E-state index contributed by atoms with van der Waals surface area (Å²) in [6.07, 6.45) is 3.06. The minimum atomic E-state index is -1.30. The van der Waals surface area contributed by atoms with E-state index in [-0.39, 0.29) is 49.5 Å². The summed E-state index contributed by atoms with van der Waals surface area (Å²) in [5.41, 5.74) is 13.0. The molecule has 50 heavy (non-hydrogen) atoms. The molecular formula is C35H57N9O6. The lowest BCUT2D eigenvalue weighted by Gasteiger charge is -2.28. The molecule has 0 aliphatic heterocycles. The molecule has 1 aromatic heterocycles. The molecule has 15 heteroatoms. The van der Waals surface area contributed by atoms with Gasteiger partial charge in [0.2, 0.25) is 23.6 Å². The molecule has 0 bridgehead atoms. The van der Waals surface area contributed by atoms with Crippen LogP contribution >= 0.6 is 0 Å². The Morgan fingerprint density at radius 3 is 1.80 bits per heavy atom. The highest BCUT2D eigenvalue weighted by Crippen LogP contribution is 2.19. The van der Waals surface area contributed by atoms with Gasteiger partial charge in [-0.2, -0.15) is 0 Å². The van der Waals surface area contributed by atoms with Crippen molar-refractivity contribution < 1.29 is 29.1 Å². The quantitative estimate of drug-likeness (QED) is 0.0513. The number of carbonyl (C=O) groups is 5. The van der Waals surface area contributed by atoms with Gasteiger partial charge in [-0.25, -0.2) is 4.79 Å². The number of carboxylic acid groups (broad SMARTS) is 1. The third kappa shape index (κ3) is 14.1. The van der Waals surface area contributed by atoms with Crippen molar-refractivity contribution in [2.24, 2.45) is 29.2 Å². The molecule has 4 amide bonds. The van der Waals surface area contributed by atoms with E-state index in [1.807, 2.05) is 65.8 Å². The number of aromatic amines is 1. The number of aromatic nitrogens is 1. The van der Waals surface area contributed by atoms with Gasteiger partial charge in [-0.3, -0.25) is 24.6 Å². The van der Waals surface area contributed by atoms with Crippen LogP contribution in [0.4, 0.5) is 0 Å². The predicted octanol–water partition coefficient (Wildman–Crippen LogP) is 1.46. The van der Waals surface area contributed by atoms with Crippen molar-refractivity contribution >= 4 is 46.5 Å². The van der Waals surface area contributed by atoms with Gasteiger partial charge in [0.1, 0.15) is 24.2 Å². The third-order valence-corrected chi connectivity index (χ3v) is 8.07. The molecular weight excluding hydrogens is 642 g/mol. The molecule has 2 rings (SSSR count). The van der Waals surface area contributed by atoms with E-state index in [1.165, 1.54) is 0 Å². The van der Waals surface area contributed by atoms with Crippen LogP contribution < -0.4 is 38.1 Å². The van der Waals surface area contributed by atoms with Gasteiger partial charge in [-0.1, -0.05) is 59.7 Å². The van der Waals surface area contributed by atoms with Crippen molar-refractivity contribution in [2.45, 2.75) is 110 Å². The minimum Gasteiger partial charge on any atom is -0.480 e. The number of H-pyrrole nitrogens is 1. The standard InChI is InChI=1S/C35H57N9O6/c1-19(2)14-24(36)30(45)42-27(15-20(3)4)33(48)43-28(16-21(5)6)32(47)41-26(12-9-13-39-35(37)38)31(46)44-29(34(49)50)17-22-18-40-25-11-8-7-10-23(22)25/h7-8,10-11,18-21,24,26-29,40H,9,12-17,36H2,1-6H3,(H,41,47)(H,42,45)(H,43,48)(H,44,46)(H,49,50)(H4,37,38,39)/t24-,26-,27-,28-,29-/m0/s1. The first-order valence-corrected chi connectivity index (χ1v) is 17.3. The molecule has 1 aromatic carbocycles. The number of fused-ring (bicyclic) bond motifs is 1. The first-order valence-electron chi connectivity index (χ1n) is 17.3. The SMILES string of the molecule is CC(C)C[C@H](NC(=O)[C@H](CC(C)C)NC(=O)[C@@H](N)CC(C)C)C(=O)N[C@@H](CCCNC(=N)N)C(=O)N[C@@H](Cc1c[nH]c2ccccc12)C(=O)O. The Labute approximate surface area is 294 Å². The third-order valence-electron chi connectivity index (χ3n) is 8.07. The number of benzene rings is 1. The topological polar surface area (TPSA) is 257 Å². The number of carbonyl (C=O) groups excluding carboxylic acids is 4. The molecule has 2 aromatic rings. The number of para-hydroxylation sites is 1. The Balaban J connectivity index is 2.27. The Bertz CT molecular complexity index is 1460. The Hall–Kier alpha value is -4.66. The van der Waals surface area contributed by atoms with E-state index in [2.05, 4.69) is 31.6 Å². The number of guanidine groups is 1. The van der Waals surface area contributed by atoms with E-state index in [1.54, 1.807) is 6.20 Å². The Morgan fingerprint density at radius 2 is 1.26 bits per heavy atom. The zero-order valence-electron chi connectivity index (χ0n) is 30.1. The molecule has 15 nitrogen and oxygen atoms in total. The highest BCUT2D eigenvalue weighted by molar-refractivity contribution is 5.95. The summed E-state index contributed by atoms with van der Waals surface area (Å²) < 4.78 is 0. The van der Waals surface area contributed by atoms with Crippen molar-refractivity contribution in [3.63, 3.8) is 0 Å². The number of hydrogen-bond acceptors (Lipinski definition) is 7. The van der Waals surface area contributed by atoms with Crippen LogP contribution in [-0.2, 0) is 30.4 Å². The van der Waals surface area contributed by atoms with Gasteiger partial charge in [0, 0.05) is 30.1 Å². The van der Waals surface area contributed by atoms with Crippen molar-refractivity contribution in [2.75, 3.05) is 6.54 Å². The van der Waals surface area contributed by atoms with Gasteiger partial charge in [0.15, 0.2) is 5.96 Å². The highest BCUT2D eigenvalue weighted by Gasteiger charge is 2.32. The number of rotatable bonds is 21. The molecule has 278 valence electrons. The summed E-state index contributed by atoms with van der Waals surface area (Å²) in [7, 11) is 0. The molecule has 0 unspecified atom stereocenters. The highest BCUT2D eigenvalue weighted by atomic mass is 16.4.